The smallest absolute Gasteiger partial charge is 0.260 e. The van der Waals surface area contributed by atoms with Gasteiger partial charge in [0.1, 0.15) is 5.75 Å². The largest absolute Gasteiger partial charge is 0.484 e. The third-order valence-electron chi connectivity index (χ3n) is 5.13. The van der Waals surface area contributed by atoms with Gasteiger partial charge in [-0.15, -0.1) is 0 Å². The molecule has 1 aliphatic heterocycles. The summed E-state index contributed by atoms with van der Waals surface area (Å²) in [6.07, 6.45) is 4.56. The van der Waals surface area contributed by atoms with Crippen molar-refractivity contribution in [3.8, 4) is 5.75 Å². The monoisotopic (exact) mass is 360 g/mol. The van der Waals surface area contributed by atoms with Crippen LogP contribution in [0.25, 0.3) is 0 Å². The number of ether oxygens (including phenoxy) is 2. The molecule has 26 heavy (non-hydrogen) atoms. The van der Waals surface area contributed by atoms with Crippen molar-refractivity contribution in [3.05, 3.63) is 30.3 Å². The van der Waals surface area contributed by atoms with Gasteiger partial charge in [-0.3, -0.25) is 9.59 Å². The highest BCUT2D eigenvalue weighted by Gasteiger charge is 2.37. The maximum atomic E-state index is 12.9. The fraction of sp³-hybridized carbons (Fsp3) is 0.600. The van der Waals surface area contributed by atoms with E-state index in [1.165, 1.54) is 0 Å². The first-order valence-corrected chi connectivity index (χ1v) is 9.58. The number of fused-ring (bicyclic) bond motifs is 1. The highest BCUT2D eigenvalue weighted by Crippen LogP contribution is 2.29. The van der Waals surface area contributed by atoms with Gasteiger partial charge in [0.05, 0.1) is 12.5 Å². The first kappa shape index (κ1) is 18.7. The Balaban J connectivity index is 1.71. The van der Waals surface area contributed by atoms with E-state index < -0.39 is 0 Å². The molecule has 6 heteroatoms. The number of nitrogens with zero attached hydrogens (tertiary/aromatic N) is 1. The molecule has 142 valence electrons. The van der Waals surface area contributed by atoms with E-state index >= 15 is 0 Å². The SMILES string of the molecule is O=C1NCCOCCCN(C(=O)COc2ccccc2)[C@H]2CCCC[C@@H]12. The minimum atomic E-state index is -0.137. The number of carbonyl (C=O) groups is 2. The molecule has 3 rings (SSSR count). The molecule has 0 aromatic heterocycles. The van der Waals surface area contributed by atoms with E-state index in [1.54, 1.807) is 0 Å². The van der Waals surface area contributed by atoms with Crippen LogP contribution in [0.2, 0.25) is 0 Å². The number of rotatable bonds is 3. The first-order valence-electron chi connectivity index (χ1n) is 9.58. The Kier molecular flexibility index (Phi) is 6.89. The summed E-state index contributed by atoms with van der Waals surface area (Å²) in [6.45, 7) is 2.25. The van der Waals surface area contributed by atoms with Crippen LogP contribution in [-0.4, -0.2) is 55.7 Å². The average molecular weight is 360 g/mol. The van der Waals surface area contributed by atoms with E-state index in [9.17, 15) is 9.59 Å². The highest BCUT2D eigenvalue weighted by atomic mass is 16.5. The van der Waals surface area contributed by atoms with E-state index in [4.69, 9.17) is 9.47 Å². The molecule has 2 fully saturated rings. The lowest BCUT2D eigenvalue weighted by Crippen LogP contribution is -2.52. The zero-order valence-electron chi connectivity index (χ0n) is 15.2. The summed E-state index contributed by atoms with van der Waals surface area (Å²) in [5, 5.41) is 2.96. The zero-order valence-corrected chi connectivity index (χ0v) is 15.2. The Morgan fingerprint density at radius 2 is 1.96 bits per heavy atom. The molecule has 0 radical (unpaired) electrons. The van der Waals surface area contributed by atoms with Gasteiger partial charge < -0.3 is 19.7 Å². The Labute approximate surface area is 154 Å². The van der Waals surface area contributed by atoms with Gasteiger partial charge in [0, 0.05) is 25.7 Å². The van der Waals surface area contributed by atoms with E-state index in [0.717, 1.165) is 32.1 Å². The molecule has 2 amide bonds. The van der Waals surface area contributed by atoms with Gasteiger partial charge in [-0.25, -0.2) is 0 Å². The molecule has 1 aromatic rings. The van der Waals surface area contributed by atoms with Gasteiger partial charge in [0.15, 0.2) is 6.61 Å². The van der Waals surface area contributed by atoms with E-state index in [1.807, 2.05) is 35.2 Å². The van der Waals surface area contributed by atoms with Crippen LogP contribution in [0.4, 0.5) is 0 Å². The van der Waals surface area contributed by atoms with E-state index in [2.05, 4.69) is 5.32 Å². The Morgan fingerprint density at radius 3 is 2.81 bits per heavy atom. The van der Waals surface area contributed by atoms with Crippen LogP contribution >= 0.6 is 0 Å². The van der Waals surface area contributed by atoms with Crippen LogP contribution in [0.5, 0.6) is 5.75 Å². The Bertz CT molecular complexity index is 593. The predicted octanol–water partition coefficient (Wildman–Crippen LogP) is 1.99. The maximum absolute atomic E-state index is 12.9. The van der Waals surface area contributed by atoms with Crippen molar-refractivity contribution in [1.29, 1.82) is 0 Å². The minimum absolute atomic E-state index is 0.00426. The molecule has 2 atom stereocenters. The van der Waals surface area contributed by atoms with Crippen LogP contribution in [0.1, 0.15) is 32.1 Å². The second-order valence-electron chi connectivity index (χ2n) is 6.90. The summed E-state index contributed by atoms with van der Waals surface area (Å²) in [7, 11) is 0. The van der Waals surface area contributed by atoms with Crippen LogP contribution in [0.3, 0.4) is 0 Å². The van der Waals surface area contributed by atoms with Crippen molar-refractivity contribution in [3.63, 3.8) is 0 Å². The molecule has 2 aliphatic rings. The quantitative estimate of drug-likeness (QED) is 0.895. The first-order chi connectivity index (χ1) is 12.8. The summed E-state index contributed by atoms with van der Waals surface area (Å²) in [5.74, 6) is 0.530. The number of amides is 2. The minimum Gasteiger partial charge on any atom is -0.484 e. The van der Waals surface area contributed by atoms with Crippen LogP contribution in [-0.2, 0) is 14.3 Å². The van der Waals surface area contributed by atoms with Crippen LogP contribution < -0.4 is 10.1 Å². The summed E-state index contributed by atoms with van der Waals surface area (Å²) in [6, 6.07) is 9.30. The fourth-order valence-electron chi connectivity index (χ4n) is 3.83. The second-order valence-corrected chi connectivity index (χ2v) is 6.90. The molecule has 0 bridgehead atoms. The lowest BCUT2D eigenvalue weighted by molar-refractivity contribution is -0.140. The predicted molar refractivity (Wildman–Crippen MR) is 97.8 cm³/mol. The molecule has 0 spiro atoms. The van der Waals surface area contributed by atoms with Crippen molar-refractivity contribution < 1.29 is 19.1 Å². The van der Waals surface area contributed by atoms with Gasteiger partial charge in [0.2, 0.25) is 5.91 Å². The molecular weight excluding hydrogens is 332 g/mol. The number of hydrogen-bond donors (Lipinski definition) is 1. The molecule has 0 unspecified atom stereocenters. The summed E-state index contributed by atoms with van der Waals surface area (Å²) < 4.78 is 11.2. The summed E-state index contributed by atoms with van der Waals surface area (Å²) in [5.41, 5.74) is 0. The van der Waals surface area contributed by atoms with Gasteiger partial charge in [0.25, 0.3) is 5.91 Å². The number of benzene rings is 1. The van der Waals surface area contributed by atoms with Crippen molar-refractivity contribution >= 4 is 11.8 Å². The van der Waals surface area contributed by atoms with Crippen molar-refractivity contribution in [2.45, 2.75) is 38.1 Å². The second kappa shape index (κ2) is 9.57. The molecule has 1 heterocycles. The molecule has 1 saturated carbocycles. The lowest BCUT2D eigenvalue weighted by Gasteiger charge is -2.39. The Hall–Kier alpha value is -2.08. The Morgan fingerprint density at radius 1 is 1.15 bits per heavy atom. The lowest BCUT2D eigenvalue weighted by atomic mass is 9.82. The average Bonchev–Trinajstić information content (AvgIpc) is 2.72. The topological polar surface area (TPSA) is 67.9 Å². The fourth-order valence-corrected chi connectivity index (χ4v) is 3.83. The number of nitrogens with one attached hydrogen (secondary N) is 1. The van der Waals surface area contributed by atoms with Gasteiger partial charge in [-0.05, 0) is 31.4 Å². The summed E-state index contributed by atoms with van der Waals surface area (Å²) >= 11 is 0. The van der Waals surface area contributed by atoms with Gasteiger partial charge >= 0.3 is 0 Å². The zero-order chi connectivity index (χ0) is 18.2. The molecule has 1 aromatic carbocycles. The molecule has 1 N–H and O–H groups in total. The maximum Gasteiger partial charge on any atom is 0.260 e. The molecular formula is C20H28N2O4. The van der Waals surface area contributed by atoms with Crippen LogP contribution in [0, 0.1) is 5.92 Å². The van der Waals surface area contributed by atoms with Crippen LogP contribution in [0.15, 0.2) is 30.3 Å². The van der Waals surface area contributed by atoms with Crippen molar-refractivity contribution in [2.75, 3.05) is 32.9 Å². The summed E-state index contributed by atoms with van der Waals surface area (Å²) in [4.78, 5) is 27.4. The standard InChI is InChI=1S/C20H28N2O4/c23-19(15-26-16-7-2-1-3-8-16)22-12-6-13-25-14-11-21-20(24)17-9-4-5-10-18(17)22/h1-3,7-8,17-18H,4-6,9-15H2,(H,21,24)/t17-,18+/m1/s1. The van der Waals surface area contributed by atoms with Gasteiger partial charge in [-0.2, -0.15) is 0 Å². The highest BCUT2D eigenvalue weighted by molar-refractivity contribution is 5.82. The number of hydrogen-bond acceptors (Lipinski definition) is 4. The van der Waals surface area contributed by atoms with Crippen molar-refractivity contribution in [2.24, 2.45) is 5.92 Å². The molecule has 6 nitrogen and oxygen atoms in total. The molecule has 1 aliphatic carbocycles. The normalized spacial score (nSPS) is 24.8. The number of para-hydroxylation sites is 1. The van der Waals surface area contributed by atoms with Crippen molar-refractivity contribution in [1.82, 2.24) is 10.2 Å². The third kappa shape index (κ3) is 4.97. The third-order valence-corrected chi connectivity index (χ3v) is 5.13. The van der Waals surface area contributed by atoms with Gasteiger partial charge in [-0.1, -0.05) is 31.0 Å². The number of carbonyl (C=O) groups excluding carboxylic acids is 2. The molecule has 1 saturated heterocycles. The van der Waals surface area contributed by atoms with E-state index in [0.29, 0.717) is 32.1 Å². The van der Waals surface area contributed by atoms with E-state index in [-0.39, 0.29) is 30.4 Å².